The van der Waals surface area contributed by atoms with Gasteiger partial charge >= 0.3 is 12.0 Å². The van der Waals surface area contributed by atoms with E-state index in [9.17, 15) is 14.4 Å². The Bertz CT molecular complexity index is 1020. The molecule has 2 aromatic rings. The van der Waals surface area contributed by atoms with Gasteiger partial charge in [0, 0.05) is 31.9 Å². The summed E-state index contributed by atoms with van der Waals surface area (Å²) in [6, 6.07) is 16.8. The SMILES string of the molecule is CCOC(=O)CN1CCN(C(=O)Nc2cccc(C#N)c2)C(C(=O)NCc2ccccc2)C1. The van der Waals surface area contributed by atoms with Crippen LogP contribution < -0.4 is 10.6 Å². The highest BCUT2D eigenvalue weighted by atomic mass is 16.5. The second-order valence-electron chi connectivity index (χ2n) is 7.58. The summed E-state index contributed by atoms with van der Waals surface area (Å²) in [7, 11) is 0. The number of ether oxygens (including phenoxy) is 1. The molecule has 9 heteroatoms. The lowest BCUT2D eigenvalue weighted by molar-refractivity contribution is -0.145. The fourth-order valence-corrected chi connectivity index (χ4v) is 3.60. The van der Waals surface area contributed by atoms with Gasteiger partial charge in [0.15, 0.2) is 0 Å². The van der Waals surface area contributed by atoms with Crippen LogP contribution in [0.15, 0.2) is 54.6 Å². The van der Waals surface area contributed by atoms with Crippen LogP contribution in [0.5, 0.6) is 0 Å². The lowest BCUT2D eigenvalue weighted by Gasteiger charge is -2.40. The van der Waals surface area contributed by atoms with E-state index >= 15 is 0 Å². The molecule has 1 aliphatic heterocycles. The highest BCUT2D eigenvalue weighted by molar-refractivity contribution is 5.94. The number of carbonyl (C=O) groups excluding carboxylic acids is 3. The molecule has 0 spiro atoms. The van der Waals surface area contributed by atoms with Gasteiger partial charge in [-0.1, -0.05) is 36.4 Å². The lowest BCUT2D eigenvalue weighted by atomic mass is 10.1. The molecule has 1 atom stereocenters. The molecule has 172 valence electrons. The van der Waals surface area contributed by atoms with Gasteiger partial charge in [-0.05, 0) is 30.7 Å². The van der Waals surface area contributed by atoms with Gasteiger partial charge in [0.1, 0.15) is 6.04 Å². The minimum atomic E-state index is -0.795. The van der Waals surface area contributed by atoms with Crippen molar-refractivity contribution in [1.82, 2.24) is 15.1 Å². The number of nitrogens with zero attached hydrogens (tertiary/aromatic N) is 3. The highest BCUT2D eigenvalue weighted by Crippen LogP contribution is 2.16. The van der Waals surface area contributed by atoms with Crippen molar-refractivity contribution in [2.45, 2.75) is 19.5 Å². The van der Waals surface area contributed by atoms with E-state index in [1.54, 1.807) is 31.2 Å². The first-order valence-corrected chi connectivity index (χ1v) is 10.8. The number of carbonyl (C=O) groups is 3. The Labute approximate surface area is 192 Å². The zero-order chi connectivity index (χ0) is 23.6. The monoisotopic (exact) mass is 449 g/mol. The number of nitrogens with one attached hydrogen (secondary N) is 2. The Morgan fingerprint density at radius 1 is 1.12 bits per heavy atom. The van der Waals surface area contributed by atoms with Crippen LogP contribution in [-0.2, 0) is 20.9 Å². The molecule has 1 unspecified atom stereocenters. The van der Waals surface area contributed by atoms with E-state index in [0.717, 1.165) is 5.56 Å². The minimum absolute atomic E-state index is 0.0516. The molecule has 0 saturated carbocycles. The molecule has 1 heterocycles. The van der Waals surface area contributed by atoms with Gasteiger partial charge in [0.05, 0.1) is 24.8 Å². The van der Waals surface area contributed by atoms with E-state index in [0.29, 0.717) is 24.3 Å². The fraction of sp³-hybridized carbons (Fsp3) is 0.333. The van der Waals surface area contributed by atoms with Gasteiger partial charge in [0.25, 0.3) is 0 Å². The number of benzene rings is 2. The number of esters is 1. The van der Waals surface area contributed by atoms with E-state index in [2.05, 4.69) is 10.6 Å². The molecule has 2 N–H and O–H groups in total. The molecular weight excluding hydrogens is 422 g/mol. The van der Waals surface area contributed by atoms with Gasteiger partial charge in [-0.25, -0.2) is 4.79 Å². The standard InChI is InChI=1S/C24H27N5O4/c1-2-33-22(30)17-28-11-12-29(24(32)27-20-10-6-9-19(13-20)14-25)21(16-28)23(31)26-15-18-7-4-3-5-8-18/h3-10,13,21H,2,11-12,15-17H2,1H3,(H,26,31)(H,27,32). The third-order valence-corrected chi connectivity index (χ3v) is 5.24. The first-order valence-electron chi connectivity index (χ1n) is 10.8. The molecule has 1 saturated heterocycles. The van der Waals surface area contributed by atoms with Crippen molar-refractivity contribution in [2.24, 2.45) is 0 Å². The fourth-order valence-electron chi connectivity index (χ4n) is 3.60. The molecule has 0 radical (unpaired) electrons. The van der Waals surface area contributed by atoms with Crippen LogP contribution in [0.2, 0.25) is 0 Å². The van der Waals surface area contributed by atoms with Crippen molar-refractivity contribution in [3.05, 3.63) is 65.7 Å². The van der Waals surface area contributed by atoms with Crippen molar-refractivity contribution >= 4 is 23.6 Å². The number of hydrogen-bond acceptors (Lipinski definition) is 6. The molecule has 0 bridgehead atoms. The topological polar surface area (TPSA) is 115 Å². The third-order valence-electron chi connectivity index (χ3n) is 5.24. The Morgan fingerprint density at radius 3 is 2.64 bits per heavy atom. The maximum Gasteiger partial charge on any atom is 0.322 e. The van der Waals surface area contributed by atoms with Crippen LogP contribution in [-0.4, -0.2) is 66.5 Å². The van der Waals surface area contributed by atoms with Crippen molar-refractivity contribution in [3.63, 3.8) is 0 Å². The summed E-state index contributed by atoms with van der Waals surface area (Å²) in [6.45, 7) is 3.28. The summed E-state index contributed by atoms with van der Waals surface area (Å²) < 4.78 is 5.02. The first-order chi connectivity index (χ1) is 16.0. The van der Waals surface area contributed by atoms with E-state index in [1.807, 2.05) is 41.3 Å². The van der Waals surface area contributed by atoms with Crippen molar-refractivity contribution in [1.29, 1.82) is 5.26 Å². The smallest absolute Gasteiger partial charge is 0.322 e. The predicted octanol–water partition coefficient (Wildman–Crippen LogP) is 1.96. The number of urea groups is 1. The molecule has 1 aliphatic rings. The zero-order valence-corrected chi connectivity index (χ0v) is 18.5. The Kier molecular flexibility index (Phi) is 8.38. The number of rotatable bonds is 7. The second-order valence-corrected chi connectivity index (χ2v) is 7.58. The molecule has 9 nitrogen and oxygen atoms in total. The number of anilines is 1. The number of piperazine rings is 1. The Balaban J connectivity index is 1.71. The van der Waals surface area contributed by atoms with E-state index < -0.39 is 12.1 Å². The van der Waals surface area contributed by atoms with Crippen molar-refractivity contribution in [3.8, 4) is 6.07 Å². The van der Waals surface area contributed by atoms with Crippen LogP contribution >= 0.6 is 0 Å². The maximum atomic E-state index is 13.1. The average Bonchev–Trinajstić information content (AvgIpc) is 2.83. The second kappa shape index (κ2) is 11.6. The number of nitriles is 1. The summed E-state index contributed by atoms with van der Waals surface area (Å²) in [5.74, 6) is -0.680. The summed E-state index contributed by atoms with van der Waals surface area (Å²) in [5, 5.41) is 14.7. The third kappa shape index (κ3) is 6.79. The first kappa shape index (κ1) is 23.8. The normalized spacial score (nSPS) is 15.9. The lowest BCUT2D eigenvalue weighted by Crippen LogP contribution is -2.61. The summed E-state index contributed by atoms with van der Waals surface area (Å²) in [5.41, 5.74) is 1.83. The van der Waals surface area contributed by atoms with Crippen LogP contribution in [0.25, 0.3) is 0 Å². The number of amides is 3. The van der Waals surface area contributed by atoms with Crippen LogP contribution in [0.4, 0.5) is 10.5 Å². The van der Waals surface area contributed by atoms with Gasteiger partial charge in [-0.2, -0.15) is 5.26 Å². The molecule has 3 amide bonds. The van der Waals surface area contributed by atoms with Gasteiger partial charge in [-0.3, -0.25) is 14.5 Å². The average molecular weight is 450 g/mol. The van der Waals surface area contributed by atoms with Crippen molar-refractivity contribution < 1.29 is 19.1 Å². The van der Waals surface area contributed by atoms with Gasteiger partial charge < -0.3 is 20.3 Å². The van der Waals surface area contributed by atoms with E-state index in [-0.39, 0.29) is 38.1 Å². The van der Waals surface area contributed by atoms with Crippen LogP contribution in [0.1, 0.15) is 18.1 Å². The Morgan fingerprint density at radius 2 is 1.91 bits per heavy atom. The Hall–Kier alpha value is -3.90. The quantitative estimate of drug-likeness (QED) is 0.625. The molecule has 1 fully saturated rings. The molecule has 3 rings (SSSR count). The van der Waals surface area contributed by atoms with E-state index in [1.165, 1.54) is 4.90 Å². The summed E-state index contributed by atoms with van der Waals surface area (Å²) in [4.78, 5) is 41.3. The van der Waals surface area contributed by atoms with E-state index in [4.69, 9.17) is 10.00 Å². The van der Waals surface area contributed by atoms with Crippen LogP contribution in [0, 0.1) is 11.3 Å². The summed E-state index contributed by atoms with van der Waals surface area (Å²) in [6.07, 6.45) is 0. The molecule has 2 aromatic carbocycles. The van der Waals surface area contributed by atoms with Crippen molar-refractivity contribution in [2.75, 3.05) is 38.1 Å². The molecule has 33 heavy (non-hydrogen) atoms. The highest BCUT2D eigenvalue weighted by Gasteiger charge is 2.36. The molecule has 0 aliphatic carbocycles. The summed E-state index contributed by atoms with van der Waals surface area (Å²) >= 11 is 0. The number of hydrogen-bond donors (Lipinski definition) is 2. The largest absolute Gasteiger partial charge is 0.465 e. The maximum absolute atomic E-state index is 13.1. The van der Waals surface area contributed by atoms with Gasteiger partial charge in [-0.15, -0.1) is 0 Å². The van der Waals surface area contributed by atoms with Crippen LogP contribution in [0.3, 0.4) is 0 Å². The molecule has 0 aromatic heterocycles. The molecular formula is C24H27N5O4. The predicted molar refractivity (Wildman–Crippen MR) is 122 cm³/mol. The zero-order valence-electron chi connectivity index (χ0n) is 18.5. The van der Waals surface area contributed by atoms with Gasteiger partial charge in [0.2, 0.25) is 5.91 Å². The minimum Gasteiger partial charge on any atom is -0.465 e.